The Hall–Kier alpha value is -2.04. The van der Waals surface area contributed by atoms with Crippen LogP contribution in [0.4, 0.5) is 5.69 Å². The van der Waals surface area contributed by atoms with Crippen LogP contribution < -0.4 is 5.73 Å². The molecule has 0 aliphatic heterocycles. The van der Waals surface area contributed by atoms with Crippen molar-refractivity contribution in [1.82, 2.24) is 4.90 Å². The Balaban J connectivity index is 2.68. The fourth-order valence-electron chi connectivity index (χ4n) is 2.01. The summed E-state index contributed by atoms with van der Waals surface area (Å²) >= 11 is 0. The average molecular weight is 264 g/mol. The Kier molecular flexibility index (Phi) is 5.36. The maximum atomic E-state index is 12.2. The molecule has 1 rings (SSSR count). The van der Waals surface area contributed by atoms with E-state index in [9.17, 15) is 9.59 Å². The van der Waals surface area contributed by atoms with Crippen molar-refractivity contribution in [3.8, 4) is 0 Å². The van der Waals surface area contributed by atoms with Crippen molar-refractivity contribution in [3.05, 3.63) is 29.8 Å². The Morgan fingerprint density at radius 1 is 1.32 bits per heavy atom. The van der Waals surface area contributed by atoms with Gasteiger partial charge in [0.1, 0.15) is 0 Å². The monoisotopic (exact) mass is 264 g/mol. The van der Waals surface area contributed by atoms with Crippen LogP contribution in [0.1, 0.15) is 25.8 Å². The molecule has 5 heteroatoms. The summed E-state index contributed by atoms with van der Waals surface area (Å²) in [6, 6.07) is 6.81. The summed E-state index contributed by atoms with van der Waals surface area (Å²) in [4.78, 5) is 24.4. The first-order valence-electron chi connectivity index (χ1n) is 6.29. The maximum Gasteiger partial charge on any atom is 0.305 e. The summed E-state index contributed by atoms with van der Waals surface area (Å²) < 4.78 is 0. The molecule has 0 aromatic heterocycles. The molecule has 0 bridgehead atoms. The molecule has 19 heavy (non-hydrogen) atoms. The zero-order valence-electron chi connectivity index (χ0n) is 11.3. The minimum Gasteiger partial charge on any atom is -0.481 e. The molecule has 0 fully saturated rings. The van der Waals surface area contributed by atoms with Crippen LogP contribution in [-0.4, -0.2) is 34.5 Å². The van der Waals surface area contributed by atoms with Gasteiger partial charge in [0.25, 0.3) is 0 Å². The van der Waals surface area contributed by atoms with E-state index in [0.29, 0.717) is 12.2 Å². The highest BCUT2D eigenvalue weighted by Gasteiger charge is 2.20. The molecule has 104 valence electrons. The molecule has 1 aromatic carbocycles. The standard InChI is InChI=1S/C14H20N2O3/c1-3-16(10(2)8-14(18)19)13(17)9-11-4-6-12(15)7-5-11/h4-7,10H,3,8-9,15H2,1-2H3,(H,18,19). The molecule has 1 aromatic rings. The number of rotatable bonds is 6. The van der Waals surface area contributed by atoms with Gasteiger partial charge in [-0.05, 0) is 31.5 Å². The SMILES string of the molecule is CCN(C(=O)Cc1ccc(N)cc1)C(C)CC(=O)O. The number of nitrogen functional groups attached to an aromatic ring is 1. The number of hydrogen-bond donors (Lipinski definition) is 2. The summed E-state index contributed by atoms with van der Waals surface area (Å²) in [7, 11) is 0. The van der Waals surface area contributed by atoms with Gasteiger partial charge in [-0.15, -0.1) is 0 Å². The van der Waals surface area contributed by atoms with Crippen LogP contribution in [0.5, 0.6) is 0 Å². The molecule has 3 N–H and O–H groups in total. The third-order valence-electron chi connectivity index (χ3n) is 3.00. The average Bonchev–Trinajstić information content (AvgIpc) is 2.32. The van der Waals surface area contributed by atoms with Crippen molar-refractivity contribution in [1.29, 1.82) is 0 Å². The lowest BCUT2D eigenvalue weighted by molar-refractivity contribution is -0.140. The lowest BCUT2D eigenvalue weighted by atomic mass is 10.1. The number of benzene rings is 1. The Bertz CT molecular complexity index is 443. The number of carboxylic acid groups (broad SMARTS) is 1. The molecule has 0 aliphatic carbocycles. The van der Waals surface area contributed by atoms with Crippen molar-refractivity contribution in [2.75, 3.05) is 12.3 Å². The smallest absolute Gasteiger partial charge is 0.305 e. The highest BCUT2D eigenvalue weighted by atomic mass is 16.4. The van der Waals surface area contributed by atoms with Crippen LogP contribution in [0, 0.1) is 0 Å². The molecule has 0 saturated heterocycles. The van der Waals surface area contributed by atoms with E-state index in [1.165, 1.54) is 0 Å². The second-order valence-electron chi connectivity index (χ2n) is 4.54. The summed E-state index contributed by atoms with van der Waals surface area (Å²) in [5.41, 5.74) is 7.12. The quantitative estimate of drug-likeness (QED) is 0.763. The predicted molar refractivity (Wildman–Crippen MR) is 73.7 cm³/mol. The summed E-state index contributed by atoms with van der Waals surface area (Å²) in [6.45, 7) is 4.10. The van der Waals surface area contributed by atoms with Gasteiger partial charge in [-0.25, -0.2) is 0 Å². The van der Waals surface area contributed by atoms with Crippen molar-refractivity contribution in [2.45, 2.75) is 32.7 Å². The fourth-order valence-corrected chi connectivity index (χ4v) is 2.01. The van der Waals surface area contributed by atoms with Crippen molar-refractivity contribution >= 4 is 17.6 Å². The van der Waals surface area contributed by atoms with Gasteiger partial charge in [-0.1, -0.05) is 12.1 Å². The van der Waals surface area contributed by atoms with Gasteiger partial charge in [0, 0.05) is 18.3 Å². The maximum absolute atomic E-state index is 12.2. The lowest BCUT2D eigenvalue weighted by Gasteiger charge is -2.27. The normalized spacial score (nSPS) is 11.9. The van der Waals surface area contributed by atoms with Crippen LogP contribution in [0.25, 0.3) is 0 Å². The van der Waals surface area contributed by atoms with E-state index < -0.39 is 5.97 Å². The molecule has 1 atom stereocenters. The Labute approximate surface area is 113 Å². The second kappa shape index (κ2) is 6.78. The van der Waals surface area contributed by atoms with E-state index in [4.69, 9.17) is 10.8 Å². The minimum atomic E-state index is -0.897. The molecule has 0 heterocycles. The van der Waals surface area contributed by atoms with E-state index in [1.54, 1.807) is 24.0 Å². The van der Waals surface area contributed by atoms with E-state index in [-0.39, 0.29) is 24.8 Å². The number of carbonyl (C=O) groups excluding carboxylic acids is 1. The van der Waals surface area contributed by atoms with Gasteiger partial charge >= 0.3 is 5.97 Å². The summed E-state index contributed by atoms with van der Waals surface area (Å²) in [5, 5.41) is 8.78. The number of nitrogens with zero attached hydrogens (tertiary/aromatic N) is 1. The number of anilines is 1. The molecule has 0 spiro atoms. The highest BCUT2D eigenvalue weighted by molar-refractivity contribution is 5.80. The minimum absolute atomic E-state index is 0.0404. The fraction of sp³-hybridized carbons (Fsp3) is 0.429. The first-order chi connectivity index (χ1) is 8.93. The first-order valence-corrected chi connectivity index (χ1v) is 6.29. The number of likely N-dealkylation sites (N-methyl/N-ethyl adjacent to an activating group) is 1. The topological polar surface area (TPSA) is 83.6 Å². The molecule has 0 radical (unpaired) electrons. The van der Waals surface area contributed by atoms with E-state index >= 15 is 0 Å². The number of nitrogens with two attached hydrogens (primary N) is 1. The molecule has 5 nitrogen and oxygen atoms in total. The number of carboxylic acids is 1. The molecule has 0 aliphatic rings. The van der Waals surface area contributed by atoms with Gasteiger partial charge in [-0.2, -0.15) is 0 Å². The number of carbonyl (C=O) groups is 2. The van der Waals surface area contributed by atoms with Crippen LogP contribution >= 0.6 is 0 Å². The number of amides is 1. The highest BCUT2D eigenvalue weighted by Crippen LogP contribution is 2.10. The first kappa shape index (κ1) is 15.0. The van der Waals surface area contributed by atoms with E-state index in [1.807, 2.05) is 19.1 Å². The van der Waals surface area contributed by atoms with E-state index in [2.05, 4.69) is 0 Å². The Morgan fingerprint density at radius 2 is 1.89 bits per heavy atom. The summed E-state index contributed by atoms with van der Waals surface area (Å²) in [5.74, 6) is -0.966. The molecular weight excluding hydrogens is 244 g/mol. The van der Waals surface area contributed by atoms with Crippen molar-refractivity contribution in [3.63, 3.8) is 0 Å². The largest absolute Gasteiger partial charge is 0.481 e. The number of aliphatic carboxylic acids is 1. The van der Waals surface area contributed by atoms with Gasteiger partial charge < -0.3 is 15.7 Å². The van der Waals surface area contributed by atoms with Crippen LogP contribution in [0.3, 0.4) is 0 Å². The lowest BCUT2D eigenvalue weighted by Crippen LogP contribution is -2.40. The van der Waals surface area contributed by atoms with Gasteiger partial charge in [0.2, 0.25) is 5.91 Å². The van der Waals surface area contributed by atoms with Crippen LogP contribution in [-0.2, 0) is 16.0 Å². The third-order valence-corrected chi connectivity index (χ3v) is 3.00. The number of hydrogen-bond acceptors (Lipinski definition) is 3. The second-order valence-corrected chi connectivity index (χ2v) is 4.54. The zero-order valence-corrected chi connectivity index (χ0v) is 11.3. The van der Waals surface area contributed by atoms with Crippen molar-refractivity contribution in [2.24, 2.45) is 0 Å². The summed E-state index contributed by atoms with van der Waals surface area (Å²) in [6.07, 6.45) is 0.222. The predicted octanol–water partition coefficient (Wildman–Crippen LogP) is 1.52. The van der Waals surface area contributed by atoms with Crippen molar-refractivity contribution < 1.29 is 14.7 Å². The molecule has 1 unspecified atom stereocenters. The van der Waals surface area contributed by atoms with Crippen LogP contribution in [0.15, 0.2) is 24.3 Å². The zero-order chi connectivity index (χ0) is 14.4. The molecule has 0 saturated carbocycles. The molecule has 1 amide bonds. The van der Waals surface area contributed by atoms with E-state index in [0.717, 1.165) is 5.56 Å². The van der Waals surface area contributed by atoms with Gasteiger partial charge in [-0.3, -0.25) is 9.59 Å². The third kappa shape index (κ3) is 4.62. The molecular formula is C14H20N2O3. The Morgan fingerprint density at radius 3 is 2.37 bits per heavy atom. The van der Waals surface area contributed by atoms with Gasteiger partial charge in [0.05, 0.1) is 12.8 Å². The van der Waals surface area contributed by atoms with Crippen LogP contribution in [0.2, 0.25) is 0 Å². The van der Waals surface area contributed by atoms with Gasteiger partial charge in [0.15, 0.2) is 0 Å².